The van der Waals surface area contributed by atoms with Crippen molar-refractivity contribution in [3.8, 4) is 0 Å². The van der Waals surface area contributed by atoms with Gasteiger partial charge < -0.3 is 16.0 Å². The first-order valence-corrected chi connectivity index (χ1v) is 5.93. The minimum absolute atomic E-state index is 0.0382. The zero-order valence-corrected chi connectivity index (χ0v) is 10.3. The zero-order chi connectivity index (χ0) is 13.1. The molecule has 7 nitrogen and oxygen atoms in total. The number of nitrogens with one attached hydrogen (secondary N) is 1. The molecule has 1 unspecified atom stereocenters. The number of nitrogen functional groups attached to an aromatic ring is 1. The largest absolute Gasteiger partial charge is 0.378 e. The summed E-state index contributed by atoms with van der Waals surface area (Å²) in [4.78, 5) is 16.2. The van der Waals surface area contributed by atoms with Gasteiger partial charge in [0.1, 0.15) is 5.82 Å². The van der Waals surface area contributed by atoms with E-state index in [1.165, 1.54) is 12.5 Å². The van der Waals surface area contributed by atoms with Gasteiger partial charge in [-0.05, 0) is 25.5 Å². The molecule has 1 fully saturated rings. The predicted molar refractivity (Wildman–Crippen MR) is 69.6 cm³/mol. The van der Waals surface area contributed by atoms with Gasteiger partial charge in [0.25, 0.3) is 0 Å². The molecule has 7 heteroatoms. The van der Waals surface area contributed by atoms with E-state index in [0.717, 1.165) is 19.5 Å². The van der Waals surface area contributed by atoms with E-state index < -0.39 is 4.92 Å². The third-order valence-electron chi connectivity index (χ3n) is 3.13. The van der Waals surface area contributed by atoms with Crippen LogP contribution in [0.25, 0.3) is 0 Å². The number of hydrogen-bond acceptors (Lipinski definition) is 6. The lowest BCUT2D eigenvalue weighted by molar-refractivity contribution is -0.384. The van der Waals surface area contributed by atoms with E-state index in [0.29, 0.717) is 11.9 Å². The molecule has 2 rings (SSSR count). The number of pyridine rings is 1. The molecule has 1 aliphatic rings. The Morgan fingerprint density at radius 1 is 1.67 bits per heavy atom. The molecular formula is C11H17N5O2. The van der Waals surface area contributed by atoms with Gasteiger partial charge in [0.2, 0.25) is 5.82 Å². The molecule has 2 heterocycles. The van der Waals surface area contributed by atoms with Crippen molar-refractivity contribution in [2.45, 2.75) is 18.9 Å². The number of aromatic nitrogens is 1. The highest BCUT2D eigenvalue weighted by Gasteiger charge is 2.18. The zero-order valence-electron chi connectivity index (χ0n) is 10.3. The fourth-order valence-electron chi connectivity index (χ4n) is 2.16. The molecule has 0 aliphatic carbocycles. The molecule has 3 N–H and O–H groups in total. The van der Waals surface area contributed by atoms with Crippen LogP contribution in [-0.2, 0) is 0 Å². The molecule has 18 heavy (non-hydrogen) atoms. The average Bonchev–Trinajstić information content (AvgIpc) is 2.81. The molecule has 0 aromatic carbocycles. The van der Waals surface area contributed by atoms with E-state index >= 15 is 0 Å². The van der Waals surface area contributed by atoms with E-state index in [9.17, 15) is 10.1 Å². The molecule has 0 bridgehead atoms. The lowest BCUT2D eigenvalue weighted by Crippen LogP contribution is -2.35. The van der Waals surface area contributed by atoms with Crippen molar-refractivity contribution >= 4 is 17.3 Å². The number of anilines is 2. The molecule has 0 spiro atoms. The Bertz CT molecular complexity index is 445. The van der Waals surface area contributed by atoms with Gasteiger partial charge in [-0.15, -0.1) is 0 Å². The Hall–Kier alpha value is -1.89. The van der Waals surface area contributed by atoms with Gasteiger partial charge in [0, 0.05) is 25.7 Å². The monoisotopic (exact) mass is 251 g/mol. The van der Waals surface area contributed by atoms with Gasteiger partial charge in [0.05, 0.1) is 4.92 Å². The predicted octanol–water partition coefficient (Wildman–Crippen LogP) is 0.760. The second-order valence-corrected chi connectivity index (χ2v) is 4.50. The van der Waals surface area contributed by atoms with Gasteiger partial charge in [-0.3, -0.25) is 10.1 Å². The van der Waals surface area contributed by atoms with Crippen molar-refractivity contribution in [3.63, 3.8) is 0 Å². The van der Waals surface area contributed by atoms with Crippen molar-refractivity contribution < 1.29 is 4.92 Å². The topological polar surface area (TPSA) is 97.3 Å². The molecule has 0 amide bonds. The van der Waals surface area contributed by atoms with Crippen molar-refractivity contribution in [1.82, 2.24) is 10.3 Å². The average molecular weight is 251 g/mol. The van der Waals surface area contributed by atoms with Crippen LogP contribution in [0, 0.1) is 10.1 Å². The van der Waals surface area contributed by atoms with Gasteiger partial charge >= 0.3 is 5.69 Å². The molecule has 1 aromatic rings. The summed E-state index contributed by atoms with van der Waals surface area (Å²) in [5.74, 6) is 0.621. The number of hydrogen-bond donors (Lipinski definition) is 2. The van der Waals surface area contributed by atoms with Crippen molar-refractivity contribution in [3.05, 3.63) is 22.2 Å². The quantitative estimate of drug-likeness (QED) is 0.605. The number of nitro groups is 1. The van der Waals surface area contributed by atoms with Crippen LogP contribution in [0.15, 0.2) is 12.1 Å². The summed E-state index contributed by atoms with van der Waals surface area (Å²) in [6.07, 6.45) is 2.33. The van der Waals surface area contributed by atoms with Crippen LogP contribution >= 0.6 is 0 Å². The Morgan fingerprint density at radius 3 is 3.00 bits per heavy atom. The Kier molecular flexibility index (Phi) is 3.61. The third-order valence-corrected chi connectivity index (χ3v) is 3.13. The standard InChI is InChI=1S/C11H17N5O2/c1-15(7-8-3-2-6-13-8)10-5-4-9(16(17)18)11(12)14-10/h4-5,8,13H,2-3,6-7H2,1H3,(H2,12,14). The number of likely N-dealkylation sites (N-methyl/N-ethyl adjacent to an activating group) is 1. The van der Waals surface area contributed by atoms with Crippen LogP contribution in [0.2, 0.25) is 0 Å². The Balaban J connectivity index is 2.08. The van der Waals surface area contributed by atoms with Crippen LogP contribution in [0.4, 0.5) is 17.3 Å². The van der Waals surface area contributed by atoms with Gasteiger partial charge in [-0.2, -0.15) is 0 Å². The minimum atomic E-state index is -0.523. The molecular weight excluding hydrogens is 234 g/mol. The number of nitrogens with two attached hydrogens (primary N) is 1. The maximum absolute atomic E-state index is 10.6. The summed E-state index contributed by atoms with van der Waals surface area (Å²) in [6, 6.07) is 3.48. The summed E-state index contributed by atoms with van der Waals surface area (Å²) in [6.45, 7) is 1.87. The molecule has 98 valence electrons. The highest BCUT2D eigenvalue weighted by molar-refractivity contribution is 5.57. The highest BCUT2D eigenvalue weighted by atomic mass is 16.6. The number of nitrogens with zero attached hydrogens (tertiary/aromatic N) is 3. The molecule has 1 atom stereocenters. The second kappa shape index (κ2) is 5.18. The molecule has 1 aliphatic heterocycles. The first-order valence-electron chi connectivity index (χ1n) is 5.93. The third kappa shape index (κ3) is 2.67. The lowest BCUT2D eigenvalue weighted by atomic mass is 10.2. The van der Waals surface area contributed by atoms with E-state index in [-0.39, 0.29) is 11.5 Å². The van der Waals surface area contributed by atoms with E-state index in [4.69, 9.17) is 5.73 Å². The van der Waals surface area contributed by atoms with Crippen molar-refractivity contribution in [1.29, 1.82) is 0 Å². The Labute approximate surface area is 105 Å². The summed E-state index contributed by atoms with van der Waals surface area (Å²) in [5, 5.41) is 14.0. The van der Waals surface area contributed by atoms with Gasteiger partial charge in [-0.1, -0.05) is 0 Å². The van der Waals surface area contributed by atoms with Gasteiger partial charge in [0.15, 0.2) is 0 Å². The van der Waals surface area contributed by atoms with Crippen LogP contribution in [0.3, 0.4) is 0 Å². The van der Waals surface area contributed by atoms with Crippen LogP contribution in [0.5, 0.6) is 0 Å². The van der Waals surface area contributed by atoms with Crippen LogP contribution in [0.1, 0.15) is 12.8 Å². The smallest absolute Gasteiger partial charge is 0.311 e. The molecule has 0 radical (unpaired) electrons. The second-order valence-electron chi connectivity index (χ2n) is 4.50. The Morgan fingerprint density at radius 2 is 2.44 bits per heavy atom. The molecule has 0 saturated carbocycles. The fourth-order valence-corrected chi connectivity index (χ4v) is 2.16. The summed E-state index contributed by atoms with van der Waals surface area (Å²) >= 11 is 0. The van der Waals surface area contributed by atoms with E-state index in [2.05, 4.69) is 10.3 Å². The normalized spacial score (nSPS) is 18.8. The van der Waals surface area contributed by atoms with Crippen molar-refractivity contribution in [2.75, 3.05) is 30.8 Å². The van der Waals surface area contributed by atoms with E-state index in [1.54, 1.807) is 6.07 Å². The summed E-state index contributed by atoms with van der Waals surface area (Å²) in [7, 11) is 1.91. The van der Waals surface area contributed by atoms with Crippen LogP contribution in [-0.4, -0.2) is 36.1 Å². The van der Waals surface area contributed by atoms with Crippen molar-refractivity contribution in [2.24, 2.45) is 0 Å². The lowest BCUT2D eigenvalue weighted by Gasteiger charge is -2.22. The summed E-state index contributed by atoms with van der Waals surface area (Å²) in [5.41, 5.74) is 5.43. The number of rotatable bonds is 4. The summed E-state index contributed by atoms with van der Waals surface area (Å²) < 4.78 is 0. The first kappa shape index (κ1) is 12.6. The SMILES string of the molecule is CN(CC1CCCN1)c1ccc([N+](=O)[O-])c(N)n1. The van der Waals surface area contributed by atoms with Crippen LogP contribution < -0.4 is 16.0 Å². The highest BCUT2D eigenvalue weighted by Crippen LogP contribution is 2.22. The first-order chi connectivity index (χ1) is 8.58. The molecule has 1 saturated heterocycles. The van der Waals surface area contributed by atoms with Gasteiger partial charge in [-0.25, -0.2) is 4.98 Å². The fraction of sp³-hybridized carbons (Fsp3) is 0.545. The molecule has 1 aromatic heterocycles. The minimum Gasteiger partial charge on any atom is -0.378 e. The maximum Gasteiger partial charge on any atom is 0.311 e. The van der Waals surface area contributed by atoms with E-state index in [1.807, 2.05) is 11.9 Å². The maximum atomic E-state index is 10.6.